The van der Waals surface area contributed by atoms with Crippen molar-refractivity contribution in [3.05, 3.63) is 0 Å². The van der Waals surface area contributed by atoms with Gasteiger partial charge in [-0.15, -0.1) is 0 Å². The van der Waals surface area contributed by atoms with Gasteiger partial charge in [-0.3, -0.25) is 0 Å². The largest absolute Gasteiger partial charge is 0.487 e. The number of nitrogens with zero attached hydrogens (tertiary/aromatic N) is 2. The molecule has 2 bridgehead atoms. The highest BCUT2D eigenvalue weighted by molar-refractivity contribution is 6.63. The molecule has 2 unspecified atom stereocenters. The van der Waals surface area contributed by atoms with E-state index in [0.717, 1.165) is 0 Å². The van der Waals surface area contributed by atoms with Crippen molar-refractivity contribution in [2.45, 2.75) is 82.8 Å². The van der Waals surface area contributed by atoms with Gasteiger partial charge in [0.05, 0.1) is 24.0 Å². The topological polar surface area (TPSA) is 88.3 Å². The number of amides is 3. The molecule has 4 aliphatic rings. The highest BCUT2D eigenvalue weighted by atomic mass is 28.2. The first-order chi connectivity index (χ1) is 11.9. The summed E-state index contributed by atoms with van der Waals surface area (Å²) in [5.41, 5.74) is -1.04. The van der Waals surface area contributed by atoms with Crippen LogP contribution in [0.15, 0.2) is 0 Å². The fourth-order valence-electron chi connectivity index (χ4n) is 3.30. The lowest BCUT2D eigenvalue weighted by molar-refractivity contribution is -0.540. The van der Waals surface area contributed by atoms with Gasteiger partial charge >= 0.3 is 11.9 Å². The predicted molar refractivity (Wildman–Crippen MR) is 95.9 cm³/mol. The maximum absolute atomic E-state index is 12.5. The van der Waals surface area contributed by atoms with Crippen LogP contribution in [0.1, 0.15) is 41.5 Å². The molecule has 4 aliphatic heterocycles. The summed E-state index contributed by atoms with van der Waals surface area (Å²) < 4.78 is 20.5. The molecule has 0 saturated carbocycles. The number of urea groups is 1. The van der Waals surface area contributed by atoms with Crippen LogP contribution in [0, 0.1) is 0 Å². The van der Waals surface area contributed by atoms with Crippen LogP contribution in [-0.2, 0) is 19.0 Å². The summed E-state index contributed by atoms with van der Waals surface area (Å²) in [6.45, 7) is 11.8. The molecule has 26 heavy (non-hydrogen) atoms. The van der Waals surface area contributed by atoms with Crippen molar-refractivity contribution >= 4 is 27.8 Å². The summed E-state index contributed by atoms with van der Waals surface area (Å²) in [6.07, 6.45) is -1.44. The van der Waals surface area contributed by atoms with Crippen molar-refractivity contribution in [2.24, 2.45) is 0 Å². The van der Waals surface area contributed by atoms with Crippen molar-refractivity contribution < 1.29 is 33.5 Å². The summed E-state index contributed by atoms with van der Waals surface area (Å²) >= 11 is 0. The van der Waals surface area contributed by atoms with E-state index in [0.29, 0.717) is 0 Å². The van der Waals surface area contributed by atoms with Gasteiger partial charge in [-0.1, -0.05) is 0 Å². The van der Waals surface area contributed by atoms with Gasteiger partial charge < -0.3 is 19.3 Å². The van der Waals surface area contributed by atoms with Crippen LogP contribution in [0.3, 0.4) is 0 Å². The highest BCUT2D eigenvalue weighted by Crippen LogP contribution is 2.33. The van der Waals surface area contributed by atoms with E-state index < -0.39 is 45.9 Å². The van der Waals surface area contributed by atoms with E-state index in [4.69, 9.17) is 14.2 Å². The lowest BCUT2D eigenvalue weighted by atomic mass is 10.1. The smallest absolute Gasteiger partial charge is 0.383 e. The number of carbonyl (C=O) groups is 2. The van der Waals surface area contributed by atoms with E-state index in [2.05, 4.69) is 0 Å². The van der Waals surface area contributed by atoms with E-state index in [9.17, 15) is 14.7 Å². The van der Waals surface area contributed by atoms with Crippen LogP contribution in [0.2, 0.25) is 5.54 Å². The molecule has 1 N–H and O–H groups in total. The molecule has 0 aromatic carbocycles. The molecule has 0 radical (unpaired) electrons. The van der Waals surface area contributed by atoms with Gasteiger partial charge in [-0.25, -0.2) is 9.36 Å². The summed E-state index contributed by atoms with van der Waals surface area (Å²) in [5, 5.41) is 10.8. The van der Waals surface area contributed by atoms with Crippen LogP contribution in [0.25, 0.3) is 0 Å². The summed E-state index contributed by atoms with van der Waals surface area (Å²) in [7, 11) is -0.879. The zero-order valence-corrected chi connectivity index (χ0v) is 17.7. The molecule has 4 rings (SSSR count). The van der Waals surface area contributed by atoms with E-state index in [1.807, 2.05) is 41.5 Å². The van der Waals surface area contributed by atoms with Crippen molar-refractivity contribution in [3.8, 4) is 0 Å². The second-order valence-electron chi connectivity index (χ2n) is 9.07. The van der Waals surface area contributed by atoms with Crippen molar-refractivity contribution in [3.63, 3.8) is 0 Å². The minimum atomic E-state index is -1.03. The Bertz CT molecular complexity index is 638. The minimum Gasteiger partial charge on any atom is -0.383 e. The standard InChI is InChI=1S/C17H29N2O6Si/c1-16(2,3)23-8-9-12(25-17(4,5)6)11(20)14(24-9)18-7-10-13(21)19(26-10)15(18)22/h7,9-12,14,20H,8,26H2,1-6H3/q+1/t9-,10?,11+,12-,14?/m1/s1. The first-order valence-electron chi connectivity index (χ1n) is 9.01. The molecule has 5 atom stereocenters. The number of aliphatic hydroxyl groups excluding tert-OH is 1. The fourth-order valence-corrected chi connectivity index (χ4v) is 4.77. The number of carbonyl (C=O) groups excluding carboxylic acids is 2. The van der Waals surface area contributed by atoms with Gasteiger partial charge in [0.25, 0.3) is 9.68 Å². The van der Waals surface area contributed by atoms with Crippen LogP contribution < -0.4 is 0 Å². The maximum atomic E-state index is 12.5. The number of fused-ring (bicyclic) bond motifs is 1. The molecule has 3 amide bonds. The Morgan fingerprint density at radius 2 is 1.88 bits per heavy atom. The third kappa shape index (κ3) is 3.77. The third-order valence-electron chi connectivity index (χ3n) is 4.51. The van der Waals surface area contributed by atoms with Gasteiger partial charge in [-0.2, -0.15) is 9.37 Å². The Morgan fingerprint density at radius 1 is 1.23 bits per heavy atom. The second-order valence-corrected chi connectivity index (χ2v) is 10.9. The fraction of sp³-hybridized carbons (Fsp3) is 0.824. The Kier molecular flexibility index (Phi) is 4.89. The lowest BCUT2D eigenvalue weighted by Gasteiger charge is -2.34. The predicted octanol–water partition coefficient (Wildman–Crippen LogP) is 0.00240. The number of hydrogen-bond donors (Lipinski definition) is 1. The van der Waals surface area contributed by atoms with Crippen LogP contribution >= 0.6 is 0 Å². The van der Waals surface area contributed by atoms with E-state index in [1.54, 1.807) is 6.21 Å². The average Bonchev–Trinajstić information content (AvgIpc) is 2.79. The Balaban J connectivity index is 1.81. The molecule has 2 saturated heterocycles. The monoisotopic (exact) mass is 385 g/mol. The number of imide groups is 1. The zero-order chi connectivity index (χ0) is 19.4. The number of hydrogen-bond acceptors (Lipinski definition) is 6. The lowest BCUT2D eigenvalue weighted by Crippen LogP contribution is -2.65. The number of ether oxygens (including phenoxy) is 3. The molecular weight excluding hydrogens is 356 g/mol. The quantitative estimate of drug-likeness (QED) is 0.541. The molecule has 8 nitrogen and oxygen atoms in total. The van der Waals surface area contributed by atoms with Gasteiger partial charge in [0.1, 0.15) is 23.9 Å². The maximum Gasteiger partial charge on any atom is 0.487 e. The Hall–Kier alpha value is -1.13. The minimum absolute atomic E-state index is 0.138. The van der Waals surface area contributed by atoms with Crippen LogP contribution in [-0.4, -0.2) is 84.4 Å². The molecule has 0 aromatic rings. The SMILES string of the molecule is CC(C)(C)OC[C@H]1OC([N+]2=CC3[SiH2]N(C3=O)C2=O)[C@@H](O)[C@@H]1OC(C)(C)C. The Morgan fingerprint density at radius 3 is 2.38 bits per heavy atom. The first-order valence-corrected chi connectivity index (χ1v) is 10.5. The number of aliphatic hydroxyl groups is 1. The molecule has 146 valence electrons. The second kappa shape index (κ2) is 6.49. The zero-order valence-electron chi connectivity index (χ0n) is 16.3. The first kappa shape index (κ1) is 19.6. The summed E-state index contributed by atoms with van der Waals surface area (Å²) in [6, 6.07) is -0.403. The molecule has 4 heterocycles. The van der Waals surface area contributed by atoms with Crippen molar-refractivity contribution in [1.82, 2.24) is 4.57 Å². The van der Waals surface area contributed by atoms with E-state index >= 15 is 0 Å². The van der Waals surface area contributed by atoms with Crippen molar-refractivity contribution in [2.75, 3.05) is 6.61 Å². The molecule has 9 heteroatoms. The molecule has 0 spiro atoms. The molecular formula is C17H29N2O6Si+. The Labute approximate surface area is 156 Å². The van der Waals surface area contributed by atoms with Gasteiger partial charge in [0.15, 0.2) is 0 Å². The molecule has 0 aliphatic carbocycles. The highest BCUT2D eigenvalue weighted by Gasteiger charge is 2.59. The van der Waals surface area contributed by atoms with E-state index in [1.165, 1.54) is 9.14 Å². The van der Waals surface area contributed by atoms with E-state index in [-0.39, 0.29) is 23.7 Å². The van der Waals surface area contributed by atoms with Gasteiger partial charge in [-0.05, 0) is 41.5 Å². The summed E-state index contributed by atoms with van der Waals surface area (Å²) in [4.78, 5) is 24.3. The van der Waals surface area contributed by atoms with Crippen molar-refractivity contribution in [1.29, 1.82) is 0 Å². The molecule has 0 aromatic heterocycles. The van der Waals surface area contributed by atoms with Gasteiger partial charge in [0, 0.05) is 0 Å². The molecule has 2 fully saturated rings. The van der Waals surface area contributed by atoms with Gasteiger partial charge in [0.2, 0.25) is 6.23 Å². The normalized spacial score (nSPS) is 35.7. The number of rotatable bonds is 4. The third-order valence-corrected chi connectivity index (χ3v) is 6.41. The van der Waals surface area contributed by atoms with Crippen LogP contribution in [0.4, 0.5) is 4.79 Å². The summed E-state index contributed by atoms with van der Waals surface area (Å²) in [5.74, 6) is -0.138. The van der Waals surface area contributed by atoms with Crippen LogP contribution in [0.5, 0.6) is 0 Å². The average molecular weight is 386 g/mol.